The Labute approximate surface area is 137 Å². The standard InChI is InChI=1S/C17H26N4O2/c1-8-13(20(7)16(22)23-17(4,5)6)15-18-14-10-11(2)9-12(3)21(14)19-15/h9-10,13H,8H2,1-7H3. The molecule has 1 unspecified atom stereocenters. The highest BCUT2D eigenvalue weighted by Crippen LogP contribution is 2.23. The summed E-state index contributed by atoms with van der Waals surface area (Å²) in [5.74, 6) is 0.634. The SMILES string of the molecule is CCC(c1nc2cc(C)cc(C)n2n1)N(C)C(=O)OC(C)(C)C. The Bertz CT molecular complexity index is 715. The van der Waals surface area contributed by atoms with Gasteiger partial charge in [0.1, 0.15) is 5.60 Å². The number of aromatic nitrogens is 3. The summed E-state index contributed by atoms with van der Waals surface area (Å²) in [6.45, 7) is 11.6. The second-order valence-corrected chi connectivity index (χ2v) is 6.93. The normalized spacial score (nSPS) is 13.2. The van der Waals surface area contributed by atoms with Crippen molar-refractivity contribution in [2.24, 2.45) is 0 Å². The lowest BCUT2D eigenvalue weighted by atomic mass is 10.2. The number of amides is 1. The Hall–Kier alpha value is -2.11. The van der Waals surface area contributed by atoms with Crippen LogP contribution in [0, 0.1) is 13.8 Å². The fraction of sp³-hybridized carbons (Fsp3) is 0.588. The number of rotatable bonds is 3. The highest BCUT2D eigenvalue weighted by atomic mass is 16.6. The highest BCUT2D eigenvalue weighted by Gasteiger charge is 2.28. The van der Waals surface area contributed by atoms with Crippen LogP contribution >= 0.6 is 0 Å². The fourth-order valence-corrected chi connectivity index (χ4v) is 2.56. The zero-order chi connectivity index (χ0) is 17.4. The molecule has 0 fully saturated rings. The van der Waals surface area contributed by atoms with Crippen LogP contribution < -0.4 is 0 Å². The third kappa shape index (κ3) is 3.81. The maximum absolute atomic E-state index is 12.3. The zero-order valence-corrected chi connectivity index (χ0v) is 15.0. The van der Waals surface area contributed by atoms with Crippen LogP contribution in [0.2, 0.25) is 0 Å². The van der Waals surface area contributed by atoms with E-state index in [-0.39, 0.29) is 12.1 Å². The van der Waals surface area contributed by atoms with E-state index in [1.165, 1.54) is 0 Å². The van der Waals surface area contributed by atoms with E-state index >= 15 is 0 Å². The van der Waals surface area contributed by atoms with Gasteiger partial charge in [0.15, 0.2) is 11.5 Å². The van der Waals surface area contributed by atoms with E-state index in [0.29, 0.717) is 12.2 Å². The van der Waals surface area contributed by atoms with Crippen molar-refractivity contribution in [3.05, 3.63) is 29.2 Å². The van der Waals surface area contributed by atoms with E-state index in [0.717, 1.165) is 16.9 Å². The van der Waals surface area contributed by atoms with Gasteiger partial charge in [0.05, 0.1) is 6.04 Å². The van der Waals surface area contributed by atoms with Crippen molar-refractivity contribution in [3.63, 3.8) is 0 Å². The van der Waals surface area contributed by atoms with E-state index in [4.69, 9.17) is 4.74 Å². The second kappa shape index (κ2) is 6.18. The molecule has 2 aromatic rings. The van der Waals surface area contributed by atoms with Gasteiger partial charge in [-0.2, -0.15) is 0 Å². The topological polar surface area (TPSA) is 59.7 Å². The van der Waals surface area contributed by atoms with Gasteiger partial charge < -0.3 is 9.64 Å². The Balaban J connectivity index is 2.34. The number of fused-ring (bicyclic) bond motifs is 1. The Morgan fingerprint density at radius 2 is 2.00 bits per heavy atom. The van der Waals surface area contributed by atoms with Crippen molar-refractivity contribution in [2.45, 2.75) is 59.6 Å². The first-order valence-electron chi connectivity index (χ1n) is 7.92. The number of carbonyl (C=O) groups excluding carboxylic acids is 1. The van der Waals surface area contributed by atoms with E-state index < -0.39 is 5.60 Å². The molecule has 23 heavy (non-hydrogen) atoms. The number of hydrogen-bond acceptors (Lipinski definition) is 4. The van der Waals surface area contributed by atoms with Crippen LogP contribution in [0.25, 0.3) is 5.65 Å². The summed E-state index contributed by atoms with van der Waals surface area (Å²) < 4.78 is 7.26. The van der Waals surface area contributed by atoms with Crippen molar-refractivity contribution >= 4 is 11.7 Å². The molecule has 0 bridgehead atoms. The average Bonchev–Trinajstić information content (AvgIpc) is 2.81. The van der Waals surface area contributed by atoms with Crippen molar-refractivity contribution < 1.29 is 9.53 Å². The molecule has 0 aromatic carbocycles. The predicted octanol–water partition coefficient (Wildman–Crippen LogP) is 3.66. The number of nitrogens with zero attached hydrogens (tertiary/aromatic N) is 4. The first kappa shape index (κ1) is 17.2. The van der Waals surface area contributed by atoms with Crippen LogP contribution in [0.1, 0.15) is 57.2 Å². The molecule has 1 amide bonds. The van der Waals surface area contributed by atoms with Crippen LogP contribution in [-0.4, -0.2) is 38.2 Å². The predicted molar refractivity (Wildman–Crippen MR) is 89.5 cm³/mol. The average molecular weight is 318 g/mol. The van der Waals surface area contributed by atoms with Gasteiger partial charge in [0, 0.05) is 12.7 Å². The summed E-state index contributed by atoms with van der Waals surface area (Å²) in [6, 6.07) is 3.83. The van der Waals surface area contributed by atoms with Gasteiger partial charge in [-0.25, -0.2) is 14.3 Å². The molecule has 6 heteroatoms. The molecule has 0 saturated heterocycles. The summed E-state index contributed by atoms with van der Waals surface area (Å²) in [7, 11) is 1.73. The van der Waals surface area contributed by atoms with E-state index in [2.05, 4.69) is 16.1 Å². The van der Waals surface area contributed by atoms with Crippen molar-refractivity contribution in [1.82, 2.24) is 19.5 Å². The van der Waals surface area contributed by atoms with Crippen LogP contribution in [0.3, 0.4) is 0 Å². The lowest BCUT2D eigenvalue weighted by Gasteiger charge is -2.28. The van der Waals surface area contributed by atoms with E-state index in [9.17, 15) is 4.79 Å². The lowest BCUT2D eigenvalue weighted by Crippen LogP contribution is -2.36. The Kier molecular flexibility index (Phi) is 4.63. The largest absolute Gasteiger partial charge is 0.444 e. The molecule has 0 aliphatic carbocycles. The first-order chi connectivity index (χ1) is 10.6. The number of aryl methyl sites for hydroxylation is 2. The summed E-state index contributed by atoms with van der Waals surface area (Å²) in [6.07, 6.45) is 0.348. The number of ether oxygens (including phenoxy) is 1. The van der Waals surface area contributed by atoms with Crippen LogP contribution in [0.4, 0.5) is 4.79 Å². The molecule has 0 saturated carbocycles. The lowest BCUT2D eigenvalue weighted by molar-refractivity contribution is 0.0208. The highest BCUT2D eigenvalue weighted by molar-refractivity contribution is 5.68. The Morgan fingerprint density at radius 1 is 1.35 bits per heavy atom. The molecule has 0 aliphatic heterocycles. The number of pyridine rings is 1. The van der Waals surface area contributed by atoms with Gasteiger partial charge >= 0.3 is 6.09 Å². The minimum atomic E-state index is -0.524. The molecular weight excluding hydrogens is 292 g/mol. The van der Waals surface area contributed by atoms with Crippen LogP contribution in [0.5, 0.6) is 0 Å². The molecule has 6 nitrogen and oxygen atoms in total. The fourth-order valence-electron chi connectivity index (χ4n) is 2.56. The molecule has 0 aliphatic rings. The molecule has 2 aromatic heterocycles. The van der Waals surface area contributed by atoms with Gasteiger partial charge in [0.25, 0.3) is 0 Å². The Morgan fingerprint density at radius 3 is 2.57 bits per heavy atom. The van der Waals surface area contributed by atoms with Crippen LogP contribution in [-0.2, 0) is 4.74 Å². The molecule has 2 rings (SSSR count). The molecule has 126 valence electrons. The quantitative estimate of drug-likeness (QED) is 0.866. The van der Waals surface area contributed by atoms with Gasteiger partial charge in [-0.1, -0.05) is 6.92 Å². The van der Waals surface area contributed by atoms with Crippen molar-refractivity contribution in [2.75, 3.05) is 7.05 Å². The summed E-state index contributed by atoms with van der Waals surface area (Å²) in [4.78, 5) is 18.5. The second-order valence-electron chi connectivity index (χ2n) is 6.93. The zero-order valence-electron chi connectivity index (χ0n) is 15.0. The van der Waals surface area contributed by atoms with Gasteiger partial charge in [-0.15, -0.1) is 5.10 Å². The summed E-state index contributed by atoms with van der Waals surface area (Å²) >= 11 is 0. The number of hydrogen-bond donors (Lipinski definition) is 0. The summed E-state index contributed by atoms with van der Waals surface area (Å²) in [5.41, 5.74) is 2.44. The minimum Gasteiger partial charge on any atom is -0.444 e. The van der Waals surface area contributed by atoms with Gasteiger partial charge in [-0.3, -0.25) is 0 Å². The summed E-state index contributed by atoms with van der Waals surface area (Å²) in [5, 5.41) is 4.58. The van der Waals surface area contributed by atoms with Gasteiger partial charge in [-0.05, 0) is 58.7 Å². The molecule has 0 N–H and O–H groups in total. The molecular formula is C17H26N4O2. The van der Waals surface area contributed by atoms with Crippen molar-refractivity contribution in [1.29, 1.82) is 0 Å². The monoisotopic (exact) mass is 318 g/mol. The molecule has 1 atom stereocenters. The number of carbonyl (C=O) groups is 1. The maximum Gasteiger partial charge on any atom is 0.410 e. The smallest absolute Gasteiger partial charge is 0.410 e. The van der Waals surface area contributed by atoms with Gasteiger partial charge in [0.2, 0.25) is 0 Å². The van der Waals surface area contributed by atoms with Crippen molar-refractivity contribution in [3.8, 4) is 0 Å². The third-order valence-electron chi connectivity index (χ3n) is 3.61. The van der Waals surface area contributed by atoms with E-state index in [1.807, 2.05) is 52.1 Å². The maximum atomic E-state index is 12.3. The first-order valence-corrected chi connectivity index (χ1v) is 7.92. The van der Waals surface area contributed by atoms with Crippen LogP contribution in [0.15, 0.2) is 12.1 Å². The minimum absolute atomic E-state index is 0.218. The third-order valence-corrected chi connectivity index (χ3v) is 3.61. The van der Waals surface area contributed by atoms with E-state index in [1.54, 1.807) is 11.9 Å². The molecule has 2 heterocycles. The molecule has 0 radical (unpaired) electrons. The molecule has 0 spiro atoms.